The second kappa shape index (κ2) is 5.71. The highest BCUT2D eigenvalue weighted by Crippen LogP contribution is 2.22. The van der Waals surface area contributed by atoms with Crippen LogP contribution >= 0.6 is 45.9 Å². The minimum Gasteiger partial charge on any atom is -0.241 e. The molecule has 0 N–H and O–H groups in total. The van der Waals surface area contributed by atoms with Crippen molar-refractivity contribution in [3.63, 3.8) is 0 Å². The molecule has 0 aliphatic heterocycles. The molecule has 18 heavy (non-hydrogen) atoms. The summed E-state index contributed by atoms with van der Waals surface area (Å²) in [5.74, 6) is -1.57. The van der Waals surface area contributed by atoms with Crippen molar-refractivity contribution < 1.29 is 19.4 Å². The molecule has 0 fully saturated rings. The van der Waals surface area contributed by atoms with Gasteiger partial charge in [-0.05, 0) is 12.1 Å². The molecule has 0 radical (unpaired) electrons. The highest BCUT2D eigenvalue weighted by atomic mass is 35.5. The molecule has 0 aromatic carbocycles. The van der Waals surface area contributed by atoms with E-state index in [0.717, 1.165) is 0 Å². The van der Waals surface area contributed by atoms with Crippen molar-refractivity contribution in [1.29, 1.82) is 0 Å². The summed E-state index contributed by atoms with van der Waals surface area (Å²) in [5.41, 5.74) is 0.447. The van der Waals surface area contributed by atoms with E-state index in [1.54, 1.807) is 0 Å². The standard InChI is InChI=1S/C10H4Cl2O4S2/c11-7-1-5(3-17-7)9(13)15-16-10(14)6-2-8(12)18-4-6/h1-4H. The highest BCUT2D eigenvalue weighted by molar-refractivity contribution is 7.15. The van der Waals surface area contributed by atoms with Crippen LogP contribution in [0.25, 0.3) is 0 Å². The maximum absolute atomic E-state index is 11.4. The lowest BCUT2D eigenvalue weighted by atomic mass is 10.3. The van der Waals surface area contributed by atoms with Crippen molar-refractivity contribution in [2.24, 2.45) is 0 Å². The van der Waals surface area contributed by atoms with Crippen LogP contribution in [0.3, 0.4) is 0 Å². The largest absolute Gasteiger partial charge is 0.387 e. The molecule has 4 nitrogen and oxygen atoms in total. The molecular weight excluding hydrogens is 319 g/mol. The first-order valence-corrected chi connectivity index (χ1v) is 6.99. The fraction of sp³-hybridized carbons (Fsp3) is 0. The predicted molar refractivity (Wildman–Crippen MR) is 69.5 cm³/mol. The van der Waals surface area contributed by atoms with E-state index in [1.165, 1.54) is 45.6 Å². The average molecular weight is 323 g/mol. The summed E-state index contributed by atoms with van der Waals surface area (Å²) in [5, 5.41) is 3.00. The van der Waals surface area contributed by atoms with Crippen LogP contribution < -0.4 is 0 Å². The van der Waals surface area contributed by atoms with Crippen molar-refractivity contribution in [1.82, 2.24) is 0 Å². The molecule has 8 heteroatoms. The summed E-state index contributed by atoms with van der Waals surface area (Å²) in [6.07, 6.45) is 0. The molecule has 0 aliphatic rings. The molecule has 2 aromatic heterocycles. The molecule has 2 heterocycles. The third kappa shape index (κ3) is 3.23. The summed E-state index contributed by atoms with van der Waals surface area (Å²) >= 11 is 13.7. The van der Waals surface area contributed by atoms with E-state index in [4.69, 9.17) is 23.2 Å². The third-order valence-corrected chi connectivity index (χ3v) is 3.98. The number of carbonyl (C=O) groups excluding carboxylic acids is 2. The molecular formula is C10H4Cl2O4S2. The van der Waals surface area contributed by atoms with Gasteiger partial charge in [-0.1, -0.05) is 23.2 Å². The van der Waals surface area contributed by atoms with Crippen LogP contribution in [-0.4, -0.2) is 11.9 Å². The normalized spacial score (nSPS) is 10.1. The van der Waals surface area contributed by atoms with Crippen molar-refractivity contribution in [2.45, 2.75) is 0 Å². The van der Waals surface area contributed by atoms with E-state index < -0.39 is 11.9 Å². The maximum atomic E-state index is 11.4. The molecule has 0 aliphatic carbocycles. The van der Waals surface area contributed by atoms with E-state index in [1.807, 2.05) is 0 Å². The van der Waals surface area contributed by atoms with Crippen molar-refractivity contribution in [3.8, 4) is 0 Å². The lowest BCUT2D eigenvalue weighted by Gasteiger charge is -1.99. The third-order valence-electron chi connectivity index (χ3n) is 1.80. The predicted octanol–water partition coefficient (Wildman–Crippen LogP) is 4.05. The lowest BCUT2D eigenvalue weighted by Crippen LogP contribution is -2.10. The van der Waals surface area contributed by atoms with Crippen molar-refractivity contribution in [3.05, 3.63) is 42.7 Å². The Bertz CT molecular complexity index is 538. The summed E-state index contributed by atoms with van der Waals surface area (Å²) in [6.45, 7) is 0. The first kappa shape index (κ1) is 13.4. The smallest absolute Gasteiger partial charge is 0.241 e. The first-order chi connectivity index (χ1) is 8.56. The van der Waals surface area contributed by atoms with Gasteiger partial charge in [-0.15, -0.1) is 22.7 Å². The number of hydrogen-bond donors (Lipinski definition) is 0. The van der Waals surface area contributed by atoms with Crippen LogP contribution in [0.2, 0.25) is 8.67 Å². The van der Waals surface area contributed by atoms with Crippen LogP contribution in [0.1, 0.15) is 20.7 Å². The molecule has 0 saturated carbocycles. The zero-order valence-corrected chi connectivity index (χ0v) is 11.7. The van der Waals surface area contributed by atoms with Crippen molar-refractivity contribution in [2.75, 3.05) is 0 Å². The Balaban J connectivity index is 1.92. The van der Waals surface area contributed by atoms with Gasteiger partial charge in [-0.25, -0.2) is 19.4 Å². The molecule has 0 unspecified atom stereocenters. The molecule has 0 spiro atoms. The molecule has 0 bridgehead atoms. The molecule has 2 aromatic rings. The Hall–Kier alpha value is -1.08. The second-order valence-electron chi connectivity index (χ2n) is 3.02. The summed E-state index contributed by atoms with van der Waals surface area (Å²) in [4.78, 5) is 31.6. The SMILES string of the molecule is O=C(OOC(=O)c1csc(Cl)c1)c1csc(Cl)c1. The Labute approximate surface area is 120 Å². The van der Waals surface area contributed by atoms with E-state index in [2.05, 4.69) is 9.78 Å². The lowest BCUT2D eigenvalue weighted by molar-refractivity contribution is -0.187. The number of carbonyl (C=O) groups is 2. The quantitative estimate of drug-likeness (QED) is 0.618. The van der Waals surface area contributed by atoms with E-state index in [-0.39, 0.29) is 11.1 Å². The second-order valence-corrected chi connectivity index (χ2v) is 6.11. The first-order valence-electron chi connectivity index (χ1n) is 4.47. The number of halogens is 2. The summed E-state index contributed by atoms with van der Waals surface area (Å²) < 4.78 is 0.885. The molecule has 0 saturated heterocycles. The number of thiophene rings is 2. The van der Waals surface area contributed by atoms with Crippen molar-refractivity contribution >= 4 is 57.8 Å². The highest BCUT2D eigenvalue weighted by Gasteiger charge is 2.16. The van der Waals surface area contributed by atoms with Crippen LogP contribution in [0, 0.1) is 0 Å². The van der Waals surface area contributed by atoms with Crippen LogP contribution in [-0.2, 0) is 9.78 Å². The Morgan fingerprint density at radius 2 is 1.28 bits per heavy atom. The topological polar surface area (TPSA) is 52.6 Å². The molecule has 0 amide bonds. The van der Waals surface area contributed by atoms with Crippen LogP contribution in [0.15, 0.2) is 22.9 Å². The molecule has 94 valence electrons. The van der Waals surface area contributed by atoms with Gasteiger partial charge in [0.1, 0.15) is 0 Å². The van der Waals surface area contributed by atoms with Gasteiger partial charge in [-0.2, -0.15) is 0 Å². The number of hydrogen-bond acceptors (Lipinski definition) is 6. The molecule has 2 rings (SSSR count). The Kier molecular flexibility index (Phi) is 4.23. The Morgan fingerprint density at radius 1 is 0.889 bits per heavy atom. The van der Waals surface area contributed by atoms with Crippen LogP contribution in [0.5, 0.6) is 0 Å². The van der Waals surface area contributed by atoms with Gasteiger partial charge in [0.25, 0.3) is 0 Å². The van der Waals surface area contributed by atoms with Gasteiger partial charge in [0.15, 0.2) is 0 Å². The van der Waals surface area contributed by atoms with Crippen LogP contribution in [0.4, 0.5) is 0 Å². The Morgan fingerprint density at radius 3 is 1.56 bits per heavy atom. The fourth-order valence-corrected chi connectivity index (χ4v) is 2.71. The van der Waals surface area contributed by atoms with Gasteiger partial charge in [0.2, 0.25) is 0 Å². The van der Waals surface area contributed by atoms with Gasteiger partial charge < -0.3 is 0 Å². The van der Waals surface area contributed by atoms with Gasteiger partial charge in [0.05, 0.1) is 19.8 Å². The van der Waals surface area contributed by atoms with E-state index >= 15 is 0 Å². The minimum atomic E-state index is -0.784. The zero-order chi connectivity index (χ0) is 13.1. The van der Waals surface area contributed by atoms with Gasteiger partial charge >= 0.3 is 11.9 Å². The van der Waals surface area contributed by atoms with E-state index in [0.29, 0.717) is 8.67 Å². The zero-order valence-electron chi connectivity index (χ0n) is 8.51. The fourth-order valence-electron chi connectivity index (χ4n) is 1.01. The van der Waals surface area contributed by atoms with Gasteiger partial charge in [0, 0.05) is 10.8 Å². The molecule has 0 atom stereocenters. The average Bonchev–Trinajstić information content (AvgIpc) is 2.94. The summed E-state index contributed by atoms with van der Waals surface area (Å²) in [6, 6.07) is 2.84. The van der Waals surface area contributed by atoms with Gasteiger partial charge in [-0.3, -0.25) is 0 Å². The minimum absolute atomic E-state index is 0.223. The maximum Gasteiger partial charge on any atom is 0.387 e. The monoisotopic (exact) mass is 322 g/mol. The number of rotatable bonds is 2. The summed E-state index contributed by atoms with van der Waals surface area (Å²) in [7, 11) is 0. The van der Waals surface area contributed by atoms with E-state index in [9.17, 15) is 9.59 Å².